The Morgan fingerprint density at radius 1 is 1.29 bits per heavy atom. The van der Waals surface area contributed by atoms with Crippen molar-refractivity contribution in [2.75, 3.05) is 5.73 Å². The van der Waals surface area contributed by atoms with E-state index in [1.54, 1.807) is 6.20 Å². The van der Waals surface area contributed by atoms with Gasteiger partial charge in [-0.05, 0) is 24.5 Å². The van der Waals surface area contributed by atoms with Crippen molar-refractivity contribution in [3.63, 3.8) is 0 Å². The maximum absolute atomic E-state index is 5.81. The summed E-state index contributed by atoms with van der Waals surface area (Å²) in [6.45, 7) is 0. The molecule has 0 spiro atoms. The molecule has 0 saturated heterocycles. The number of hydrogen-bond donors (Lipinski definition) is 1. The number of pyridine rings is 1. The van der Waals surface area contributed by atoms with Crippen LogP contribution in [-0.2, 0) is 6.42 Å². The Kier molecular flexibility index (Phi) is 2.48. The van der Waals surface area contributed by atoms with Crippen molar-refractivity contribution < 1.29 is 0 Å². The van der Waals surface area contributed by atoms with Gasteiger partial charge in [0.2, 0.25) is 0 Å². The van der Waals surface area contributed by atoms with E-state index in [2.05, 4.69) is 15.0 Å². The van der Waals surface area contributed by atoms with Crippen LogP contribution in [-0.4, -0.2) is 15.0 Å². The molecule has 0 aromatic carbocycles. The minimum absolute atomic E-state index is 0.570. The van der Waals surface area contributed by atoms with Crippen LogP contribution in [0.3, 0.4) is 0 Å². The summed E-state index contributed by atoms with van der Waals surface area (Å²) in [5.74, 6) is 1.97. The fourth-order valence-corrected chi connectivity index (χ4v) is 1.89. The highest BCUT2D eigenvalue weighted by atomic mass is 14.9. The average molecular weight is 226 g/mol. The van der Waals surface area contributed by atoms with Gasteiger partial charge in [-0.1, -0.05) is 6.07 Å². The number of nitrogen functional groups attached to an aromatic ring is 1. The minimum atomic E-state index is 0.570. The maximum atomic E-state index is 5.81. The van der Waals surface area contributed by atoms with Crippen LogP contribution in [0, 0.1) is 0 Å². The van der Waals surface area contributed by atoms with E-state index in [0.717, 1.165) is 17.1 Å². The van der Waals surface area contributed by atoms with Crippen LogP contribution >= 0.6 is 0 Å². The molecule has 1 aliphatic carbocycles. The molecule has 4 heteroatoms. The number of rotatable bonds is 3. The van der Waals surface area contributed by atoms with Crippen molar-refractivity contribution in [1.82, 2.24) is 15.0 Å². The maximum Gasteiger partial charge on any atom is 0.135 e. The van der Waals surface area contributed by atoms with Gasteiger partial charge in [-0.25, -0.2) is 9.97 Å². The van der Waals surface area contributed by atoms with Gasteiger partial charge in [0.1, 0.15) is 11.6 Å². The molecule has 0 bridgehead atoms. The molecular weight excluding hydrogens is 212 g/mol. The zero-order valence-corrected chi connectivity index (χ0v) is 9.50. The molecule has 0 amide bonds. The first kappa shape index (κ1) is 10.2. The molecule has 2 heterocycles. The fourth-order valence-electron chi connectivity index (χ4n) is 1.89. The van der Waals surface area contributed by atoms with E-state index in [1.807, 2.05) is 24.4 Å². The van der Waals surface area contributed by atoms with Crippen molar-refractivity contribution >= 4 is 5.82 Å². The predicted molar refractivity (Wildman–Crippen MR) is 65.5 cm³/mol. The average Bonchev–Trinajstić information content (AvgIpc) is 3.13. The second kappa shape index (κ2) is 4.13. The lowest BCUT2D eigenvalue weighted by atomic mass is 10.2. The zero-order chi connectivity index (χ0) is 11.7. The highest BCUT2D eigenvalue weighted by Crippen LogP contribution is 2.39. The molecule has 2 aromatic rings. The van der Waals surface area contributed by atoms with E-state index in [1.165, 1.54) is 12.8 Å². The molecule has 0 atom stereocenters. The summed E-state index contributed by atoms with van der Waals surface area (Å²) < 4.78 is 0. The number of aromatic nitrogens is 3. The SMILES string of the molecule is Nc1cc(C2CC2)nc(Cc2cccnc2)n1. The van der Waals surface area contributed by atoms with E-state index in [0.29, 0.717) is 18.2 Å². The van der Waals surface area contributed by atoms with Crippen LogP contribution in [0.15, 0.2) is 30.6 Å². The molecule has 2 N–H and O–H groups in total. The predicted octanol–water partition coefficient (Wildman–Crippen LogP) is 1.92. The third-order valence-corrected chi connectivity index (χ3v) is 2.89. The van der Waals surface area contributed by atoms with E-state index in [-0.39, 0.29) is 0 Å². The van der Waals surface area contributed by atoms with Crippen LogP contribution in [0.1, 0.15) is 35.8 Å². The van der Waals surface area contributed by atoms with E-state index < -0.39 is 0 Å². The largest absolute Gasteiger partial charge is 0.384 e. The third-order valence-electron chi connectivity index (χ3n) is 2.89. The molecule has 1 aliphatic rings. The van der Waals surface area contributed by atoms with E-state index >= 15 is 0 Å². The van der Waals surface area contributed by atoms with Crippen LogP contribution in [0.2, 0.25) is 0 Å². The van der Waals surface area contributed by atoms with Gasteiger partial charge in [-0.2, -0.15) is 0 Å². The molecule has 17 heavy (non-hydrogen) atoms. The summed E-state index contributed by atoms with van der Waals surface area (Å²) >= 11 is 0. The van der Waals surface area contributed by atoms with Gasteiger partial charge < -0.3 is 5.73 Å². The lowest BCUT2D eigenvalue weighted by Gasteiger charge is -2.04. The molecule has 2 aromatic heterocycles. The Morgan fingerprint density at radius 2 is 2.18 bits per heavy atom. The van der Waals surface area contributed by atoms with Gasteiger partial charge in [0.15, 0.2) is 0 Å². The van der Waals surface area contributed by atoms with Gasteiger partial charge >= 0.3 is 0 Å². The topological polar surface area (TPSA) is 64.7 Å². The molecule has 1 saturated carbocycles. The summed E-state index contributed by atoms with van der Waals surface area (Å²) in [7, 11) is 0. The van der Waals surface area contributed by atoms with E-state index in [9.17, 15) is 0 Å². The molecule has 1 fully saturated rings. The van der Waals surface area contributed by atoms with E-state index in [4.69, 9.17) is 5.73 Å². The summed E-state index contributed by atoms with van der Waals surface area (Å²) in [4.78, 5) is 12.9. The Balaban J connectivity index is 1.87. The quantitative estimate of drug-likeness (QED) is 0.868. The van der Waals surface area contributed by atoms with Crippen molar-refractivity contribution in [1.29, 1.82) is 0 Å². The number of nitrogens with two attached hydrogens (primary N) is 1. The molecule has 0 radical (unpaired) electrons. The second-order valence-corrected chi connectivity index (χ2v) is 4.45. The first-order valence-corrected chi connectivity index (χ1v) is 5.83. The fraction of sp³-hybridized carbons (Fsp3) is 0.308. The molecular formula is C13H14N4. The third kappa shape index (κ3) is 2.41. The molecule has 3 rings (SSSR count). The normalized spacial score (nSPS) is 14.8. The summed E-state index contributed by atoms with van der Waals surface area (Å²) in [5, 5.41) is 0. The Hall–Kier alpha value is -1.97. The van der Waals surface area contributed by atoms with Gasteiger partial charge in [0.25, 0.3) is 0 Å². The lowest BCUT2D eigenvalue weighted by molar-refractivity contribution is 0.902. The summed E-state index contributed by atoms with van der Waals surface area (Å²) in [6, 6.07) is 5.84. The Bertz CT molecular complexity index is 520. The van der Waals surface area contributed by atoms with Crippen LogP contribution < -0.4 is 5.73 Å². The minimum Gasteiger partial charge on any atom is -0.384 e. The Morgan fingerprint density at radius 3 is 2.88 bits per heavy atom. The molecule has 86 valence electrons. The first-order chi connectivity index (χ1) is 8.31. The van der Waals surface area contributed by atoms with Gasteiger partial charge in [0, 0.05) is 36.5 Å². The van der Waals surface area contributed by atoms with Gasteiger partial charge in [-0.15, -0.1) is 0 Å². The second-order valence-electron chi connectivity index (χ2n) is 4.45. The first-order valence-electron chi connectivity index (χ1n) is 5.83. The highest BCUT2D eigenvalue weighted by Gasteiger charge is 2.25. The lowest BCUT2D eigenvalue weighted by Crippen LogP contribution is -2.03. The van der Waals surface area contributed by atoms with Crippen LogP contribution in [0.25, 0.3) is 0 Å². The van der Waals surface area contributed by atoms with Crippen LogP contribution in [0.4, 0.5) is 5.82 Å². The van der Waals surface area contributed by atoms with Gasteiger partial charge in [-0.3, -0.25) is 4.98 Å². The van der Waals surface area contributed by atoms with Crippen LogP contribution in [0.5, 0.6) is 0 Å². The van der Waals surface area contributed by atoms with Crippen molar-refractivity contribution in [2.24, 2.45) is 0 Å². The number of anilines is 1. The standard InChI is InChI=1S/C13H14N4/c14-12-7-11(10-3-4-10)16-13(17-12)6-9-2-1-5-15-8-9/h1-2,5,7-8,10H,3-4,6H2,(H2,14,16,17). The van der Waals surface area contributed by atoms with Crippen molar-refractivity contribution in [3.8, 4) is 0 Å². The number of hydrogen-bond acceptors (Lipinski definition) is 4. The molecule has 0 aliphatic heterocycles. The number of nitrogens with zero attached hydrogens (tertiary/aromatic N) is 3. The summed E-state index contributed by atoms with van der Waals surface area (Å²) in [6.07, 6.45) is 6.74. The van der Waals surface area contributed by atoms with Crippen molar-refractivity contribution in [3.05, 3.63) is 47.7 Å². The molecule has 0 unspecified atom stereocenters. The molecule has 4 nitrogen and oxygen atoms in total. The monoisotopic (exact) mass is 226 g/mol. The smallest absolute Gasteiger partial charge is 0.135 e. The van der Waals surface area contributed by atoms with Gasteiger partial charge in [0.05, 0.1) is 0 Å². The highest BCUT2D eigenvalue weighted by molar-refractivity contribution is 5.33. The zero-order valence-electron chi connectivity index (χ0n) is 9.50. The van der Waals surface area contributed by atoms with Crippen molar-refractivity contribution in [2.45, 2.75) is 25.2 Å². The summed E-state index contributed by atoms with van der Waals surface area (Å²) in [5.41, 5.74) is 8.02. The Labute approximate surface area is 99.9 Å².